The minimum Gasteiger partial charge on any atom is -0.375 e. The summed E-state index contributed by atoms with van der Waals surface area (Å²) < 4.78 is 0. The smallest absolute Gasteiger partial charge is 0.180 e. The van der Waals surface area contributed by atoms with Gasteiger partial charge in [-0.25, -0.2) is 9.97 Å². The van der Waals surface area contributed by atoms with Gasteiger partial charge in [-0.15, -0.1) is 23.7 Å². The molecule has 1 fully saturated rings. The number of piperidine rings is 1. The summed E-state index contributed by atoms with van der Waals surface area (Å²) in [5.74, 6) is 1.87. The lowest BCUT2D eigenvalue weighted by atomic mass is 9.96. The molecule has 7 heteroatoms. The second-order valence-corrected chi connectivity index (χ2v) is 7.26. The summed E-state index contributed by atoms with van der Waals surface area (Å²) in [6.45, 7) is 7.63. The lowest BCUT2D eigenvalue weighted by molar-refractivity contribution is 0.214. The van der Waals surface area contributed by atoms with E-state index in [0.29, 0.717) is 5.13 Å². The second kappa shape index (κ2) is 9.20. The van der Waals surface area contributed by atoms with Crippen molar-refractivity contribution in [3.05, 3.63) is 35.5 Å². The van der Waals surface area contributed by atoms with Crippen LogP contribution in [0.25, 0.3) is 0 Å². The average molecular weight is 368 g/mol. The van der Waals surface area contributed by atoms with E-state index in [4.69, 9.17) is 5.73 Å². The third kappa shape index (κ3) is 5.06. The number of aromatic nitrogens is 2. The quantitative estimate of drug-likeness (QED) is 0.849. The summed E-state index contributed by atoms with van der Waals surface area (Å²) in [5.41, 5.74) is 5.73. The molecule has 2 aromatic rings. The molecule has 5 nitrogen and oxygen atoms in total. The molecule has 2 aromatic heterocycles. The Morgan fingerprint density at radius 2 is 2.08 bits per heavy atom. The van der Waals surface area contributed by atoms with Gasteiger partial charge >= 0.3 is 0 Å². The van der Waals surface area contributed by atoms with Gasteiger partial charge in [0.2, 0.25) is 0 Å². The molecule has 0 aliphatic carbocycles. The maximum Gasteiger partial charge on any atom is 0.180 e. The summed E-state index contributed by atoms with van der Waals surface area (Å²) in [4.78, 5) is 14.8. The highest BCUT2D eigenvalue weighted by Crippen LogP contribution is 2.23. The number of hydrogen-bond acceptors (Lipinski definition) is 6. The minimum atomic E-state index is 0. The van der Waals surface area contributed by atoms with E-state index in [-0.39, 0.29) is 12.4 Å². The molecule has 0 unspecified atom stereocenters. The first kappa shape index (κ1) is 19.0. The van der Waals surface area contributed by atoms with E-state index in [1.807, 2.05) is 18.5 Å². The van der Waals surface area contributed by atoms with Crippen molar-refractivity contribution in [1.82, 2.24) is 14.9 Å². The van der Waals surface area contributed by atoms with Crippen molar-refractivity contribution in [1.29, 1.82) is 0 Å². The van der Waals surface area contributed by atoms with Crippen molar-refractivity contribution in [2.24, 2.45) is 5.92 Å². The van der Waals surface area contributed by atoms with Crippen molar-refractivity contribution < 1.29 is 0 Å². The molecule has 0 aromatic carbocycles. The number of pyridine rings is 1. The van der Waals surface area contributed by atoms with Crippen molar-refractivity contribution >= 4 is 34.7 Å². The van der Waals surface area contributed by atoms with E-state index in [1.54, 1.807) is 11.3 Å². The number of thiazole rings is 1. The fourth-order valence-electron chi connectivity index (χ4n) is 3.17. The first-order valence-electron chi connectivity index (χ1n) is 8.33. The van der Waals surface area contributed by atoms with E-state index < -0.39 is 0 Å². The van der Waals surface area contributed by atoms with Gasteiger partial charge in [0.25, 0.3) is 0 Å². The molecule has 0 saturated carbocycles. The van der Waals surface area contributed by atoms with Crippen molar-refractivity contribution in [2.45, 2.75) is 26.3 Å². The first-order chi connectivity index (χ1) is 11.2. The van der Waals surface area contributed by atoms with Crippen LogP contribution in [-0.2, 0) is 6.54 Å². The lowest BCUT2D eigenvalue weighted by Gasteiger charge is -2.35. The van der Waals surface area contributed by atoms with Gasteiger partial charge in [0.05, 0.1) is 0 Å². The molecule has 1 aliphatic heterocycles. The van der Waals surface area contributed by atoms with Crippen molar-refractivity contribution in [3.63, 3.8) is 0 Å². The highest BCUT2D eigenvalue weighted by molar-refractivity contribution is 7.15. The monoisotopic (exact) mass is 367 g/mol. The maximum atomic E-state index is 5.73. The largest absolute Gasteiger partial charge is 0.375 e. The Morgan fingerprint density at radius 3 is 2.67 bits per heavy atom. The molecule has 0 bridgehead atoms. The van der Waals surface area contributed by atoms with Crippen molar-refractivity contribution in [2.75, 3.05) is 36.8 Å². The van der Waals surface area contributed by atoms with E-state index in [0.717, 1.165) is 44.5 Å². The summed E-state index contributed by atoms with van der Waals surface area (Å²) in [6.07, 6.45) is 6.25. The number of nitrogens with two attached hydrogens (primary N) is 1. The molecule has 0 radical (unpaired) electrons. The summed E-state index contributed by atoms with van der Waals surface area (Å²) in [7, 11) is 0. The zero-order chi connectivity index (χ0) is 16.1. The molecule has 132 valence electrons. The van der Waals surface area contributed by atoms with Crippen LogP contribution in [0.3, 0.4) is 0 Å². The van der Waals surface area contributed by atoms with Gasteiger partial charge in [0, 0.05) is 43.4 Å². The molecular weight excluding hydrogens is 342 g/mol. The van der Waals surface area contributed by atoms with Crippen LogP contribution in [0.4, 0.5) is 10.9 Å². The SMILES string of the molecule is CCN(Cc1cnc(N)s1)CC1CCN(c2ccccn2)CC1.Cl. The Bertz CT molecular complexity index is 598. The van der Waals surface area contributed by atoms with E-state index in [1.165, 1.54) is 17.7 Å². The standard InChI is InChI=1S/C17H25N5S.ClH/c1-2-21(13-15-11-20-17(18)23-15)12-14-6-9-22(10-7-14)16-5-3-4-8-19-16;/h3-5,8,11,14H,2,6-7,9-10,12-13H2,1H3,(H2,18,20);1H. The zero-order valence-electron chi connectivity index (χ0n) is 14.1. The van der Waals surface area contributed by atoms with E-state index in [9.17, 15) is 0 Å². The molecule has 1 aliphatic rings. The number of nitrogen functional groups attached to an aromatic ring is 1. The number of nitrogens with zero attached hydrogens (tertiary/aromatic N) is 4. The third-order valence-corrected chi connectivity index (χ3v) is 5.31. The Morgan fingerprint density at radius 1 is 1.29 bits per heavy atom. The maximum absolute atomic E-state index is 5.73. The van der Waals surface area contributed by atoms with E-state index >= 15 is 0 Å². The minimum absolute atomic E-state index is 0. The van der Waals surface area contributed by atoms with Gasteiger partial charge in [-0.3, -0.25) is 4.90 Å². The predicted molar refractivity (Wildman–Crippen MR) is 104 cm³/mol. The van der Waals surface area contributed by atoms with Gasteiger partial charge in [0.1, 0.15) is 5.82 Å². The molecule has 3 heterocycles. The second-order valence-electron chi connectivity index (χ2n) is 6.11. The highest BCUT2D eigenvalue weighted by atomic mass is 35.5. The molecular formula is C17H26ClN5S. The van der Waals surface area contributed by atoms with Crippen LogP contribution in [0.15, 0.2) is 30.6 Å². The van der Waals surface area contributed by atoms with Crippen LogP contribution in [0.5, 0.6) is 0 Å². The summed E-state index contributed by atoms with van der Waals surface area (Å²) >= 11 is 1.60. The van der Waals surface area contributed by atoms with E-state index in [2.05, 4.69) is 38.8 Å². The number of anilines is 2. The number of hydrogen-bond donors (Lipinski definition) is 1. The Kier molecular flexibility index (Phi) is 7.27. The molecule has 2 N–H and O–H groups in total. The van der Waals surface area contributed by atoms with Gasteiger partial charge < -0.3 is 10.6 Å². The Balaban J connectivity index is 0.00000208. The molecule has 0 atom stereocenters. The fraction of sp³-hybridized carbons (Fsp3) is 0.529. The number of rotatable bonds is 6. The first-order valence-corrected chi connectivity index (χ1v) is 9.14. The topological polar surface area (TPSA) is 58.3 Å². The Hall–Kier alpha value is -1.37. The normalized spacial score (nSPS) is 15.5. The van der Waals surface area contributed by atoms with Gasteiger partial charge in [-0.2, -0.15) is 0 Å². The lowest BCUT2D eigenvalue weighted by Crippen LogP contribution is -2.38. The Labute approximate surface area is 154 Å². The van der Waals surface area contributed by atoms with Crippen LogP contribution in [0.2, 0.25) is 0 Å². The number of halogens is 1. The molecule has 0 amide bonds. The average Bonchev–Trinajstić information content (AvgIpc) is 3.00. The molecule has 1 saturated heterocycles. The molecule has 3 rings (SSSR count). The van der Waals surface area contributed by atoms with Crippen LogP contribution >= 0.6 is 23.7 Å². The van der Waals surface area contributed by atoms with Crippen LogP contribution in [0, 0.1) is 5.92 Å². The van der Waals surface area contributed by atoms with Crippen LogP contribution < -0.4 is 10.6 Å². The van der Waals surface area contributed by atoms with Gasteiger partial charge in [-0.1, -0.05) is 13.0 Å². The third-order valence-electron chi connectivity index (χ3n) is 4.50. The highest BCUT2D eigenvalue weighted by Gasteiger charge is 2.22. The zero-order valence-corrected chi connectivity index (χ0v) is 15.7. The van der Waals surface area contributed by atoms with Gasteiger partial charge in [-0.05, 0) is 37.4 Å². The fourth-order valence-corrected chi connectivity index (χ4v) is 3.90. The van der Waals surface area contributed by atoms with Crippen molar-refractivity contribution in [3.8, 4) is 0 Å². The summed E-state index contributed by atoms with van der Waals surface area (Å²) in [5, 5.41) is 0.666. The van der Waals surface area contributed by atoms with Crippen LogP contribution in [0.1, 0.15) is 24.6 Å². The summed E-state index contributed by atoms with van der Waals surface area (Å²) in [6, 6.07) is 6.14. The van der Waals surface area contributed by atoms with Crippen LogP contribution in [-0.4, -0.2) is 41.0 Å². The molecule has 24 heavy (non-hydrogen) atoms. The van der Waals surface area contributed by atoms with Gasteiger partial charge in [0.15, 0.2) is 5.13 Å². The molecule has 0 spiro atoms. The predicted octanol–water partition coefficient (Wildman–Crippen LogP) is 3.28.